The van der Waals surface area contributed by atoms with Gasteiger partial charge in [-0.3, -0.25) is 0 Å². The average Bonchev–Trinajstić information content (AvgIpc) is 2.55. The third kappa shape index (κ3) is 4.20. The van der Waals surface area contributed by atoms with Crippen molar-refractivity contribution >= 4 is 81.5 Å². The SMILES string of the molecule is O=C(Oc1c(Cl)ccc(Cl)c1Cl)C(=O)Oc1c(Cl)ccc(Cl)c1Cl. The highest BCUT2D eigenvalue weighted by molar-refractivity contribution is 6.46. The molecule has 2 aromatic rings. The summed E-state index contributed by atoms with van der Waals surface area (Å²) in [6.07, 6.45) is 0. The molecule has 0 spiro atoms. The van der Waals surface area contributed by atoms with Gasteiger partial charge in [0.05, 0.1) is 20.1 Å². The maximum Gasteiger partial charge on any atom is 0.423 e. The van der Waals surface area contributed by atoms with Gasteiger partial charge >= 0.3 is 11.9 Å². The summed E-state index contributed by atoms with van der Waals surface area (Å²) in [5.74, 6) is -3.38. The molecule has 0 unspecified atom stereocenters. The number of hydrogen-bond acceptors (Lipinski definition) is 4. The molecule has 0 aliphatic carbocycles. The molecular weight excluding hydrogens is 445 g/mol. The fourth-order valence-electron chi connectivity index (χ4n) is 1.47. The molecule has 0 bridgehead atoms. The molecule has 2 rings (SSSR count). The first kappa shape index (κ1) is 19.4. The standard InChI is InChI=1S/C14H4Cl6O4/c15-5-1-3-7(17)11(9(5)19)23-13(21)14(22)24-12-8(18)4-2-6(16)10(12)20/h1-4H. The molecule has 126 valence electrons. The molecule has 24 heavy (non-hydrogen) atoms. The first-order valence-corrected chi connectivity index (χ1v) is 8.20. The lowest BCUT2D eigenvalue weighted by molar-refractivity contribution is -0.156. The molecule has 0 aliphatic rings. The number of carbonyl (C=O) groups is 2. The quantitative estimate of drug-likeness (QED) is 0.240. The van der Waals surface area contributed by atoms with E-state index >= 15 is 0 Å². The molecule has 0 heterocycles. The predicted molar refractivity (Wildman–Crippen MR) is 94.2 cm³/mol. The van der Waals surface area contributed by atoms with E-state index in [1.54, 1.807) is 0 Å². The van der Waals surface area contributed by atoms with Crippen LogP contribution < -0.4 is 9.47 Å². The lowest BCUT2D eigenvalue weighted by Crippen LogP contribution is -2.26. The summed E-state index contributed by atoms with van der Waals surface area (Å²) in [6, 6.07) is 5.48. The van der Waals surface area contributed by atoms with Crippen molar-refractivity contribution in [3.05, 3.63) is 54.4 Å². The van der Waals surface area contributed by atoms with Gasteiger partial charge < -0.3 is 9.47 Å². The topological polar surface area (TPSA) is 52.6 Å². The van der Waals surface area contributed by atoms with E-state index in [1.807, 2.05) is 0 Å². The Morgan fingerprint density at radius 2 is 0.875 bits per heavy atom. The van der Waals surface area contributed by atoms with Crippen LogP contribution in [0.3, 0.4) is 0 Å². The van der Waals surface area contributed by atoms with Crippen LogP contribution in [0.25, 0.3) is 0 Å². The van der Waals surface area contributed by atoms with Gasteiger partial charge in [0.15, 0.2) is 11.5 Å². The summed E-state index contributed by atoms with van der Waals surface area (Å²) in [5.41, 5.74) is 0. The Kier molecular flexibility index (Phi) is 6.48. The molecule has 2 aromatic carbocycles. The van der Waals surface area contributed by atoms with Crippen molar-refractivity contribution in [1.82, 2.24) is 0 Å². The maximum atomic E-state index is 11.9. The van der Waals surface area contributed by atoms with Gasteiger partial charge in [-0.2, -0.15) is 0 Å². The molecule has 4 nitrogen and oxygen atoms in total. The summed E-state index contributed by atoms with van der Waals surface area (Å²) in [4.78, 5) is 23.7. The highest BCUT2D eigenvalue weighted by atomic mass is 35.5. The Bertz CT molecular complexity index is 767. The minimum absolute atomic E-state index is 0.0237. The van der Waals surface area contributed by atoms with Crippen LogP contribution in [0.2, 0.25) is 30.1 Å². The number of esters is 2. The van der Waals surface area contributed by atoms with Gasteiger partial charge in [-0.05, 0) is 24.3 Å². The van der Waals surface area contributed by atoms with Crippen LogP contribution in [0.5, 0.6) is 11.5 Å². The average molecular weight is 449 g/mol. The van der Waals surface area contributed by atoms with Crippen molar-refractivity contribution in [2.75, 3.05) is 0 Å². The van der Waals surface area contributed by atoms with Gasteiger partial charge in [0, 0.05) is 0 Å². The number of hydrogen-bond donors (Lipinski definition) is 0. The molecule has 0 saturated heterocycles. The fraction of sp³-hybridized carbons (Fsp3) is 0. The molecule has 0 aromatic heterocycles. The highest BCUT2D eigenvalue weighted by Gasteiger charge is 2.25. The Labute approximate surface area is 166 Å². The molecule has 10 heteroatoms. The van der Waals surface area contributed by atoms with Crippen LogP contribution in [0.4, 0.5) is 0 Å². The zero-order valence-corrected chi connectivity index (χ0v) is 15.7. The second-order valence-electron chi connectivity index (χ2n) is 4.12. The number of rotatable bonds is 2. The molecule has 0 N–H and O–H groups in total. The molecule has 0 saturated carbocycles. The Balaban J connectivity index is 2.22. The summed E-state index contributed by atoms with van der Waals surface area (Å²) in [5, 5.41) is -0.154. The normalized spacial score (nSPS) is 10.4. The van der Waals surface area contributed by atoms with Gasteiger partial charge in [-0.1, -0.05) is 69.6 Å². The van der Waals surface area contributed by atoms with E-state index < -0.39 is 11.9 Å². The van der Waals surface area contributed by atoms with Gasteiger partial charge in [0.1, 0.15) is 10.0 Å². The predicted octanol–water partition coefficient (Wildman–Crippen LogP) is 6.12. The summed E-state index contributed by atoms with van der Waals surface area (Å²) in [6.45, 7) is 0. The monoisotopic (exact) mass is 446 g/mol. The Morgan fingerprint density at radius 3 is 1.21 bits per heavy atom. The Hall–Kier alpha value is -0.880. The van der Waals surface area contributed by atoms with Crippen molar-refractivity contribution in [2.24, 2.45) is 0 Å². The van der Waals surface area contributed by atoms with Crippen molar-refractivity contribution in [3.8, 4) is 11.5 Å². The van der Waals surface area contributed by atoms with Crippen LogP contribution in [-0.2, 0) is 9.59 Å². The maximum absolute atomic E-state index is 11.9. The summed E-state index contributed by atoms with van der Waals surface area (Å²) in [7, 11) is 0. The zero-order valence-electron chi connectivity index (χ0n) is 11.2. The molecule has 0 amide bonds. The Morgan fingerprint density at radius 1 is 0.583 bits per heavy atom. The molecule has 0 atom stereocenters. The largest absolute Gasteiger partial charge is 0.423 e. The fourth-order valence-corrected chi connectivity index (χ4v) is 2.67. The van der Waals surface area contributed by atoms with Crippen molar-refractivity contribution < 1.29 is 19.1 Å². The van der Waals surface area contributed by atoms with Crippen molar-refractivity contribution in [2.45, 2.75) is 0 Å². The van der Waals surface area contributed by atoms with Crippen molar-refractivity contribution in [3.63, 3.8) is 0 Å². The molecule has 0 fully saturated rings. The minimum Gasteiger partial charge on any atom is -0.415 e. The first-order valence-electron chi connectivity index (χ1n) is 5.93. The number of halogens is 6. The number of ether oxygens (including phenoxy) is 2. The van der Waals surface area contributed by atoms with Crippen molar-refractivity contribution in [1.29, 1.82) is 0 Å². The van der Waals surface area contributed by atoms with Crippen LogP contribution in [0, 0.1) is 0 Å². The second-order valence-corrected chi connectivity index (χ2v) is 6.51. The van der Waals surface area contributed by atoms with Gasteiger partial charge in [-0.25, -0.2) is 9.59 Å². The van der Waals surface area contributed by atoms with E-state index in [1.165, 1.54) is 24.3 Å². The minimum atomic E-state index is -1.41. The molecule has 0 radical (unpaired) electrons. The van der Waals surface area contributed by atoms with E-state index in [-0.39, 0.29) is 41.6 Å². The van der Waals surface area contributed by atoms with Crippen LogP contribution in [0.1, 0.15) is 0 Å². The van der Waals surface area contributed by atoms with E-state index in [9.17, 15) is 9.59 Å². The zero-order chi connectivity index (χ0) is 18.0. The smallest absolute Gasteiger partial charge is 0.415 e. The lowest BCUT2D eigenvalue weighted by Gasteiger charge is -2.10. The lowest BCUT2D eigenvalue weighted by atomic mass is 10.3. The first-order chi connectivity index (χ1) is 11.2. The van der Waals surface area contributed by atoms with E-state index in [4.69, 9.17) is 79.1 Å². The third-order valence-electron chi connectivity index (χ3n) is 2.56. The summed E-state index contributed by atoms with van der Waals surface area (Å²) < 4.78 is 9.64. The van der Waals surface area contributed by atoms with Crippen LogP contribution >= 0.6 is 69.6 Å². The second kappa shape index (κ2) is 8.00. The molecule has 0 aliphatic heterocycles. The number of carbonyl (C=O) groups excluding carboxylic acids is 2. The third-order valence-corrected chi connectivity index (χ3v) is 4.73. The van der Waals surface area contributed by atoms with Crippen LogP contribution in [0.15, 0.2) is 24.3 Å². The summed E-state index contributed by atoms with van der Waals surface area (Å²) >= 11 is 35.0. The van der Waals surface area contributed by atoms with Gasteiger partial charge in [-0.15, -0.1) is 0 Å². The van der Waals surface area contributed by atoms with E-state index in [0.717, 1.165) is 0 Å². The van der Waals surface area contributed by atoms with Crippen LogP contribution in [-0.4, -0.2) is 11.9 Å². The van der Waals surface area contributed by atoms with Gasteiger partial charge in [0.2, 0.25) is 0 Å². The highest BCUT2D eigenvalue weighted by Crippen LogP contribution is 2.39. The van der Waals surface area contributed by atoms with E-state index in [0.29, 0.717) is 0 Å². The molecular formula is C14H4Cl6O4. The number of benzene rings is 2. The van der Waals surface area contributed by atoms with E-state index in [2.05, 4.69) is 0 Å². The van der Waals surface area contributed by atoms with Gasteiger partial charge in [0.25, 0.3) is 0 Å².